The zero-order valence-corrected chi connectivity index (χ0v) is 5.97. The maximum absolute atomic E-state index is 5.76. The van der Waals surface area contributed by atoms with Gasteiger partial charge >= 0.3 is 0 Å². The average Bonchev–Trinajstić information content (AvgIpc) is 1.89. The summed E-state index contributed by atoms with van der Waals surface area (Å²) in [5.74, 6) is 0. The summed E-state index contributed by atoms with van der Waals surface area (Å²) in [5, 5.41) is 0. The first-order valence-electron chi connectivity index (χ1n) is 3.71. The van der Waals surface area contributed by atoms with E-state index < -0.39 is 0 Å². The molecule has 0 aromatic heterocycles. The fraction of sp³-hybridized carbons (Fsp3) is 1.00. The van der Waals surface area contributed by atoms with Crippen molar-refractivity contribution in [1.29, 1.82) is 0 Å². The van der Waals surface area contributed by atoms with Crippen LogP contribution in [0.1, 0.15) is 26.2 Å². The molecule has 0 aromatic rings. The number of hydrogen-bond acceptors (Lipinski definition) is 2. The third-order valence-corrected chi connectivity index (χ3v) is 1.89. The number of nitrogens with two attached hydrogens (primary N) is 1. The van der Waals surface area contributed by atoms with E-state index in [1.807, 2.05) is 0 Å². The van der Waals surface area contributed by atoms with Gasteiger partial charge in [-0.2, -0.15) is 0 Å². The van der Waals surface area contributed by atoms with Crippen molar-refractivity contribution in [3.05, 3.63) is 0 Å². The van der Waals surface area contributed by atoms with Crippen molar-refractivity contribution >= 4 is 0 Å². The molecule has 0 bridgehead atoms. The van der Waals surface area contributed by atoms with E-state index in [9.17, 15) is 0 Å². The van der Waals surface area contributed by atoms with Crippen LogP contribution in [0.3, 0.4) is 0 Å². The van der Waals surface area contributed by atoms with E-state index >= 15 is 0 Å². The molecule has 0 spiro atoms. The van der Waals surface area contributed by atoms with Crippen molar-refractivity contribution in [3.63, 3.8) is 0 Å². The molecule has 1 aliphatic rings. The van der Waals surface area contributed by atoms with E-state index in [4.69, 9.17) is 10.5 Å². The summed E-state index contributed by atoms with van der Waals surface area (Å²) in [6.07, 6.45) is 3.66. The smallest absolute Gasteiger partial charge is 0.0723 e. The molecule has 2 heteroatoms. The van der Waals surface area contributed by atoms with Crippen molar-refractivity contribution in [2.24, 2.45) is 5.73 Å². The second kappa shape index (κ2) is 3.18. The molecular formula is C7H15NO. The standard InChI is InChI=1S/C7H15NO/c1-2-7-6(8)4-3-5-9-7/h6-7H,2-5,8H2,1H3. The van der Waals surface area contributed by atoms with Gasteiger partial charge in [-0.25, -0.2) is 0 Å². The third kappa shape index (κ3) is 1.66. The molecule has 1 heterocycles. The Bertz CT molecular complexity index is 85.0. The van der Waals surface area contributed by atoms with E-state index in [0.29, 0.717) is 12.1 Å². The zero-order valence-electron chi connectivity index (χ0n) is 5.97. The predicted octanol–water partition coefficient (Wildman–Crippen LogP) is 0.903. The Labute approximate surface area is 56.4 Å². The molecule has 0 amide bonds. The molecular weight excluding hydrogens is 114 g/mol. The van der Waals surface area contributed by atoms with Gasteiger partial charge in [0.05, 0.1) is 6.10 Å². The molecule has 1 fully saturated rings. The molecule has 2 nitrogen and oxygen atoms in total. The molecule has 0 saturated carbocycles. The highest BCUT2D eigenvalue weighted by molar-refractivity contribution is 4.75. The monoisotopic (exact) mass is 129 g/mol. The fourth-order valence-corrected chi connectivity index (χ4v) is 1.28. The predicted molar refractivity (Wildman–Crippen MR) is 37.2 cm³/mol. The minimum absolute atomic E-state index is 0.295. The SMILES string of the molecule is CCC1OCCCC1N. The van der Waals surface area contributed by atoms with E-state index in [1.165, 1.54) is 0 Å². The second-order valence-electron chi connectivity index (χ2n) is 2.62. The number of rotatable bonds is 1. The molecule has 0 radical (unpaired) electrons. The Kier molecular flexibility index (Phi) is 2.49. The number of ether oxygens (including phenoxy) is 1. The summed E-state index contributed by atoms with van der Waals surface area (Å²) in [6.45, 7) is 3.03. The van der Waals surface area contributed by atoms with Gasteiger partial charge in [0.25, 0.3) is 0 Å². The van der Waals surface area contributed by atoms with Gasteiger partial charge in [0, 0.05) is 12.6 Å². The van der Waals surface area contributed by atoms with Gasteiger partial charge in [-0.05, 0) is 19.3 Å². The highest BCUT2D eigenvalue weighted by Crippen LogP contribution is 2.13. The van der Waals surface area contributed by atoms with Gasteiger partial charge in [0.15, 0.2) is 0 Å². The van der Waals surface area contributed by atoms with Crippen molar-refractivity contribution in [2.75, 3.05) is 6.61 Å². The van der Waals surface area contributed by atoms with Crippen molar-refractivity contribution in [3.8, 4) is 0 Å². The topological polar surface area (TPSA) is 35.2 Å². The van der Waals surface area contributed by atoms with Gasteiger partial charge < -0.3 is 10.5 Å². The Balaban J connectivity index is 2.30. The first-order chi connectivity index (χ1) is 4.34. The highest BCUT2D eigenvalue weighted by atomic mass is 16.5. The van der Waals surface area contributed by atoms with Crippen LogP contribution in [-0.4, -0.2) is 18.8 Å². The van der Waals surface area contributed by atoms with Crippen LogP contribution >= 0.6 is 0 Å². The maximum atomic E-state index is 5.76. The summed E-state index contributed by atoms with van der Waals surface area (Å²) in [7, 11) is 0. The molecule has 1 aliphatic heterocycles. The molecule has 54 valence electrons. The van der Waals surface area contributed by atoms with Crippen molar-refractivity contribution < 1.29 is 4.74 Å². The lowest BCUT2D eigenvalue weighted by molar-refractivity contribution is -0.000160. The highest BCUT2D eigenvalue weighted by Gasteiger charge is 2.19. The maximum Gasteiger partial charge on any atom is 0.0723 e. The van der Waals surface area contributed by atoms with Crippen LogP contribution < -0.4 is 5.73 Å². The zero-order chi connectivity index (χ0) is 6.69. The van der Waals surface area contributed by atoms with Crippen LogP contribution in [0.2, 0.25) is 0 Å². The van der Waals surface area contributed by atoms with Gasteiger partial charge in [0.2, 0.25) is 0 Å². The molecule has 0 aliphatic carbocycles. The molecule has 1 saturated heterocycles. The molecule has 9 heavy (non-hydrogen) atoms. The molecule has 2 N–H and O–H groups in total. The first-order valence-corrected chi connectivity index (χ1v) is 3.71. The van der Waals surface area contributed by atoms with E-state index in [0.717, 1.165) is 25.9 Å². The first kappa shape index (κ1) is 7.03. The summed E-state index contributed by atoms with van der Waals surface area (Å²) >= 11 is 0. The van der Waals surface area contributed by atoms with Gasteiger partial charge in [-0.15, -0.1) is 0 Å². The quantitative estimate of drug-likeness (QED) is 0.571. The Morgan fingerprint density at radius 3 is 2.89 bits per heavy atom. The van der Waals surface area contributed by atoms with Crippen LogP contribution in [0.4, 0.5) is 0 Å². The van der Waals surface area contributed by atoms with Gasteiger partial charge in [-0.1, -0.05) is 6.92 Å². The number of hydrogen-bond donors (Lipinski definition) is 1. The van der Waals surface area contributed by atoms with Crippen LogP contribution in [0, 0.1) is 0 Å². The van der Waals surface area contributed by atoms with E-state index in [2.05, 4.69) is 6.92 Å². The van der Waals surface area contributed by atoms with E-state index in [-0.39, 0.29) is 0 Å². The van der Waals surface area contributed by atoms with Crippen molar-refractivity contribution in [1.82, 2.24) is 0 Å². The largest absolute Gasteiger partial charge is 0.377 e. The normalized spacial score (nSPS) is 36.7. The second-order valence-corrected chi connectivity index (χ2v) is 2.62. The Morgan fingerprint density at radius 2 is 2.44 bits per heavy atom. The Hall–Kier alpha value is -0.0800. The average molecular weight is 129 g/mol. The summed E-state index contributed by atoms with van der Waals surface area (Å²) in [6, 6.07) is 0.295. The van der Waals surface area contributed by atoms with E-state index in [1.54, 1.807) is 0 Å². The lowest BCUT2D eigenvalue weighted by Gasteiger charge is -2.27. The minimum Gasteiger partial charge on any atom is -0.377 e. The van der Waals surface area contributed by atoms with Crippen LogP contribution in [-0.2, 0) is 4.74 Å². The lowest BCUT2D eigenvalue weighted by atomic mass is 10.0. The van der Waals surface area contributed by atoms with Crippen LogP contribution in [0.15, 0.2) is 0 Å². The molecule has 2 atom stereocenters. The van der Waals surface area contributed by atoms with Gasteiger partial charge in [-0.3, -0.25) is 0 Å². The summed E-state index contributed by atoms with van der Waals surface area (Å²) in [4.78, 5) is 0. The fourth-order valence-electron chi connectivity index (χ4n) is 1.28. The molecule has 0 aromatic carbocycles. The molecule has 1 rings (SSSR count). The minimum atomic E-state index is 0.295. The molecule has 2 unspecified atom stereocenters. The Morgan fingerprint density at radius 1 is 1.67 bits per heavy atom. The lowest BCUT2D eigenvalue weighted by Crippen LogP contribution is -2.40. The van der Waals surface area contributed by atoms with Crippen molar-refractivity contribution in [2.45, 2.75) is 38.3 Å². The van der Waals surface area contributed by atoms with Crippen LogP contribution in [0.5, 0.6) is 0 Å². The summed E-state index contributed by atoms with van der Waals surface area (Å²) in [5.41, 5.74) is 5.76. The third-order valence-electron chi connectivity index (χ3n) is 1.89. The van der Waals surface area contributed by atoms with Gasteiger partial charge in [0.1, 0.15) is 0 Å². The van der Waals surface area contributed by atoms with Crippen LogP contribution in [0.25, 0.3) is 0 Å². The summed E-state index contributed by atoms with van der Waals surface area (Å²) < 4.78 is 5.41.